The smallest absolute Gasteiger partial charge is 0.314 e. The van der Waals surface area contributed by atoms with Crippen molar-refractivity contribution in [2.75, 3.05) is 11.4 Å². The van der Waals surface area contributed by atoms with Crippen molar-refractivity contribution >= 4 is 27.4 Å². The van der Waals surface area contributed by atoms with E-state index in [4.69, 9.17) is 0 Å². The highest BCUT2D eigenvalue weighted by atomic mass is 79.9. The number of halogens is 1. The first-order chi connectivity index (χ1) is 10.1. The summed E-state index contributed by atoms with van der Waals surface area (Å²) in [4.78, 5) is 21.5. The molecule has 2 aromatic rings. The van der Waals surface area contributed by atoms with Crippen LogP contribution in [0.2, 0.25) is 0 Å². The Labute approximate surface area is 130 Å². The highest BCUT2D eigenvalue weighted by Gasteiger charge is 2.27. The van der Waals surface area contributed by atoms with Crippen LogP contribution in [0, 0.1) is 17.0 Å². The first kappa shape index (κ1) is 13.9. The van der Waals surface area contributed by atoms with Crippen LogP contribution in [0.3, 0.4) is 0 Å². The second kappa shape index (κ2) is 5.40. The number of fused-ring (bicyclic) bond motifs is 1. The van der Waals surface area contributed by atoms with Crippen LogP contribution in [0.25, 0.3) is 0 Å². The van der Waals surface area contributed by atoms with E-state index in [0.29, 0.717) is 24.5 Å². The average molecular weight is 349 g/mol. The first-order valence-corrected chi connectivity index (χ1v) is 7.34. The van der Waals surface area contributed by atoms with Gasteiger partial charge in [0.2, 0.25) is 5.82 Å². The SMILES string of the molecule is Cc1ccnc(N2CCc3nccc(Br)c3C2)c1[N+](=O)[O-]. The van der Waals surface area contributed by atoms with E-state index in [1.54, 1.807) is 25.4 Å². The molecule has 0 amide bonds. The van der Waals surface area contributed by atoms with Crippen molar-refractivity contribution < 1.29 is 4.92 Å². The molecule has 0 fully saturated rings. The summed E-state index contributed by atoms with van der Waals surface area (Å²) in [6.07, 6.45) is 4.14. The second-order valence-corrected chi connectivity index (χ2v) is 5.80. The number of hydrogen-bond acceptors (Lipinski definition) is 5. The van der Waals surface area contributed by atoms with Crippen molar-refractivity contribution in [2.45, 2.75) is 19.9 Å². The van der Waals surface area contributed by atoms with Gasteiger partial charge in [0.1, 0.15) is 0 Å². The Morgan fingerprint density at radius 2 is 2.10 bits per heavy atom. The Balaban J connectivity index is 2.03. The molecular weight excluding hydrogens is 336 g/mol. The molecule has 2 aromatic heterocycles. The van der Waals surface area contributed by atoms with E-state index in [1.165, 1.54) is 0 Å². The molecule has 0 saturated carbocycles. The molecule has 0 spiro atoms. The largest absolute Gasteiger partial charge is 0.346 e. The molecule has 0 radical (unpaired) electrons. The summed E-state index contributed by atoms with van der Waals surface area (Å²) in [7, 11) is 0. The van der Waals surface area contributed by atoms with E-state index in [1.807, 2.05) is 11.0 Å². The van der Waals surface area contributed by atoms with Crippen molar-refractivity contribution in [1.82, 2.24) is 9.97 Å². The van der Waals surface area contributed by atoms with E-state index in [2.05, 4.69) is 25.9 Å². The van der Waals surface area contributed by atoms with Gasteiger partial charge in [0.15, 0.2) is 0 Å². The van der Waals surface area contributed by atoms with Gasteiger partial charge in [-0.1, -0.05) is 15.9 Å². The highest BCUT2D eigenvalue weighted by molar-refractivity contribution is 9.10. The van der Waals surface area contributed by atoms with Gasteiger partial charge in [-0.3, -0.25) is 15.1 Å². The van der Waals surface area contributed by atoms with Crippen LogP contribution in [0.4, 0.5) is 11.5 Å². The van der Waals surface area contributed by atoms with Gasteiger partial charge in [-0.25, -0.2) is 4.98 Å². The molecule has 0 aliphatic carbocycles. The van der Waals surface area contributed by atoms with Crippen molar-refractivity contribution in [2.24, 2.45) is 0 Å². The normalized spacial score (nSPS) is 13.9. The zero-order chi connectivity index (χ0) is 15.0. The molecule has 108 valence electrons. The van der Waals surface area contributed by atoms with Gasteiger partial charge >= 0.3 is 5.69 Å². The van der Waals surface area contributed by atoms with E-state index in [-0.39, 0.29) is 10.6 Å². The van der Waals surface area contributed by atoms with E-state index < -0.39 is 0 Å². The molecule has 0 atom stereocenters. The monoisotopic (exact) mass is 348 g/mol. The number of nitrogens with zero attached hydrogens (tertiary/aromatic N) is 4. The number of rotatable bonds is 2. The topological polar surface area (TPSA) is 72.2 Å². The fraction of sp³-hybridized carbons (Fsp3) is 0.286. The summed E-state index contributed by atoms with van der Waals surface area (Å²) in [5.41, 5.74) is 2.82. The number of aromatic nitrogens is 2. The Bertz CT molecular complexity index is 720. The van der Waals surface area contributed by atoms with Crippen LogP contribution in [-0.2, 0) is 13.0 Å². The summed E-state index contributed by atoms with van der Waals surface area (Å²) < 4.78 is 0.979. The lowest BCUT2D eigenvalue weighted by Gasteiger charge is -2.29. The third-order valence-electron chi connectivity index (χ3n) is 3.64. The summed E-state index contributed by atoms with van der Waals surface area (Å²) in [6.45, 7) is 2.98. The molecular formula is C14H13BrN4O2. The maximum absolute atomic E-state index is 11.3. The van der Waals surface area contributed by atoms with Gasteiger partial charge in [0.25, 0.3) is 0 Å². The summed E-state index contributed by atoms with van der Waals surface area (Å²) in [5.74, 6) is 0.432. The molecule has 7 heteroatoms. The van der Waals surface area contributed by atoms with Crippen LogP contribution in [0.1, 0.15) is 16.8 Å². The van der Waals surface area contributed by atoms with Gasteiger partial charge in [0, 0.05) is 53.2 Å². The zero-order valence-corrected chi connectivity index (χ0v) is 13.0. The van der Waals surface area contributed by atoms with Crippen molar-refractivity contribution in [3.05, 3.63) is 55.9 Å². The Morgan fingerprint density at radius 3 is 2.86 bits per heavy atom. The van der Waals surface area contributed by atoms with Crippen LogP contribution < -0.4 is 4.90 Å². The van der Waals surface area contributed by atoms with Crippen LogP contribution >= 0.6 is 15.9 Å². The van der Waals surface area contributed by atoms with Gasteiger partial charge in [-0.15, -0.1) is 0 Å². The number of pyridine rings is 2. The molecule has 6 nitrogen and oxygen atoms in total. The summed E-state index contributed by atoms with van der Waals surface area (Å²) in [5, 5.41) is 11.3. The van der Waals surface area contributed by atoms with Crippen LogP contribution in [0.15, 0.2) is 29.0 Å². The summed E-state index contributed by atoms with van der Waals surface area (Å²) >= 11 is 3.52. The van der Waals surface area contributed by atoms with Gasteiger partial charge in [-0.2, -0.15) is 0 Å². The van der Waals surface area contributed by atoms with Crippen molar-refractivity contribution in [1.29, 1.82) is 0 Å². The predicted octanol–water partition coefficient (Wildman–Crippen LogP) is 3.02. The molecule has 0 N–H and O–H groups in total. The minimum absolute atomic E-state index is 0.0842. The molecule has 1 aliphatic heterocycles. The van der Waals surface area contributed by atoms with E-state index in [9.17, 15) is 10.1 Å². The van der Waals surface area contributed by atoms with Crippen LogP contribution in [-0.4, -0.2) is 21.4 Å². The molecule has 0 bridgehead atoms. The fourth-order valence-electron chi connectivity index (χ4n) is 2.58. The quantitative estimate of drug-likeness (QED) is 0.616. The fourth-order valence-corrected chi connectivity index (χ4v) is 3.05. The van der Waals surface area contributed by atoms with Crippen molar-refractivity contribution in [3.63, 3.8) is 0 Å². The molecule has 21 heavy (non-hydrogen) atoms. The maximum atomic E-state index is 11.3. The summed E-state index contributed by atoms with van der Waals surface area (Å²) in [6, 6.07) is 3.55. The lowest BCUT2D eigenvalue weighted by molar-refractivity contribution is -0.384. The van der Waals surface area contributed by atoms with Gasteiger partial charge < -0.3 is 4.90 Å². The Hall–Kier alpha value is -2.02. The molecule has 0 unspecified atom stereocenters. The number of nitro groups is 1. The minimum atomic E-state index is -0.356. The molecule has 1 aliphatic rings. The maximum Gasteiger partial charge on any atom is 0.314 e. The van der Waals surface area contributed by atoms with Crippen molar-refractivity contribution in [3.8, 4) is 0 Å². The number of anilines is 1. The predicted molar refractivity (Wildman–Crippen MR) is 82.3 cm³/mol. The van der Waals surface area contributed by atoms with Crippen LogP contribution in [0.5, 0.6) is 0 Å². The van der Waals surface area contributed by atoms with E-state index >= 15 is 0 Å². The number of aryl methyl sites for hydroxylation is 1. The lowest BCUT2D eigenvalue weighted by atomic mass is 10.1. The van der Waals surface area contributed by atoms with Gasteiger partial charge in [0.05, 0.1) is 4.92 Å². The molecule has 0 saturated heterocycles. The number of hydrogen-bond donors (Lipinski definition) is 0. The first-order valence-electron chi connectivity index (χ1n) is 6.55. The van der Waals surface area contributed by atoms with Gasteiger partial charge in [-0.05, 0) is 19.1 Å². The molecule has 0 aromatic carbocycles. The second-order valence-electron chi connectivity index (χ2n) is 4.95. The average Bonchev–Trinajstić information content (AvgIpc) is 2.46. The molecule has 3 rings (SSSR count). The highest BCUT2D eigenvalue weighted by Crippen LogP contribution is 2.33. The zero-order valence-electron chi connectivity index (χ0n) is 11.4. The minimum Gasteiger partial charge on any atom is -0.346 e. The Kier molecular flexibility index (Phi) is 3.59. The third-order valence-corrected chi connectivity index (χ3v) is 4.39. The lowest BCUT2D eigenvalue weighted by Crippen LogP contribution is -2.32. The van der Waals surface area contributed by atoms with E-state index in [0.717, 1.165) is 22.2 Å². The Morgan fingerprint density at radius 1 is 1.33 bits per heavy atom. The molecule has 3 heterocycles. The third kappa shape index (κ3) is 2.49. The standard InChI is InChI=1S/C14H13BrN4O2/c1-9-2-5-17-14(13(9)19(20)21)18-7-4-12-10(8-18)11(15)3-6-16-12/h2-3,5-6H,4,7-8H2,1H3.